The molecular weight excluding hydrogens is 394 g/mol. The number of hydrogen-bond donors (Lipinski definition) is 1. The van der Waals surface area contributed by atoms with Crippen LogP contribution >= 0.6 is 11.3 Å². The fourth-order valence-corrected chi connectivity index (χ4v) is 7.14. The van der Waals surface area contributed by atoms with Gasteiger partial charge in [0.05, 0.1) is 0 Å². The number of hydrogen-bond acceptors (Lipinski definition) is 5. The zero-order chi connectivity index (χ0) is 20.1. The van der Waals surface area contributed by atoms with Crippen LogP contribution in [0, 0.1) is 17.8 Å². The molecule has 0 saturated carbocycles. The Hall–Kier alpha value is -0.960. The summed E-state index contributed by atoms with van der Waals surface area (Å²) in [4.78, 5) is 15.0. The summed E-state index contributed by atoms with van der Waals surface area (Å²) in [5.41, 5.74) is 0. The number of amides is 1. The van der Waals surface area contributed by atoms with Gasteiger partial charge < -0.3 is 10.2 Å². The molecule has 8 heteroatoms. The molecule has 0 aromatic carbocycles. The molecule has 0 unspecified atom stereocenters. The maximum atomic E-state index is 12.6. The highest BCUT2D eigenvalue weighted by molar-refractivity contribution is 7.91. The molecule has 2 fully saturated rings. The lowest BCUT2D eigenvalue weighted by Crippen LogP contribution is -2.43. The van der Waals surface area contributed by atoms with Gasteiger partial charge in [0, 0.05) is 38.6 Å². The van der Waals surface area contributed by atoms with Gasteiger partial charge in [0.1, 0.15) is 4.21 Å². The zero-order valence-electron chi connectivity index (χ0n) is 17.0. The first-order valence-electron chi connectivity index (χ1n) is 10.4. The van der Waals surface area contributed by atoms with Crippen molar-refractivity contribution in [2.45, 2.75) is 43.7 Å². The minimum absolute atomic E-state index is 0.0774. The molecular formula is C20H33N3O3S2. The maximum absolute atomic E-state index is 12.6. The van der Waals surface area contributed by atoms with Crippen LogP contribution in [0.25, 0.3) is 0 Å². The molecule has 28 heavy (non-hydrogen) atoms. The van der Waals surface area contributed by atoms with E-state index in [1.807, 2.05) is 0 Å². The fourth-order valence-electron chi connectivity index (χ4n) is 4.53. The Kier molecular flexibility index (Phi) is 7.53. The second-order valence-corrected chi connectivity index (χ2v) is 11.6. The predicted molar refractivity (Wildman–Crippen MR) is 113 cm³/mol. The van der Waals surface area contributed by atoms with Crippen LogP contribution in [0.4, 0.5) is 0 Å². The number of piperidine rings is 2. The Bertz CT molecular complexity index is 718. The monoisotopic (exact) mass is 427 g/mol. The molecule has 2 aliphatic heterocycles. The second kappa shape index (κ2) is 9.69. The fraction of sp³-hybridized carbons (Fsp3) is 0.750. The van der Waals surface area contributed by atoms with Crippen LogP contribution < -0.4 is 5.32 Å². The molecule has 158 valence electrons. The lowest BCUT2D eigenvalue weighted by Gasteiger charge is -2.35. The molecule has 2 saturated heterocycles. The van der Waals surface area contributed by atoms with Gasteiger partial charge in [-0.2, -0.15) is 4.31 Å². The highest BCUT2D eigenvalue weighted by atomic mass is 32.2. The summed E-state index contributed by atoms with van der Waals surface area (Å²) in [6, 6.07) is 3.39. The van der Waals surface area contributed by atoms with Crippen molar-refractivity contribution in [1.82, 2.24) is 14.5 Å². The van der Waals surface area contributed by atoms with E-state index in [1.54, 1.807) is 17.5 Å². The molecule has 2 atom stereocenters. The van der Waals surface area contributed by atoms with Gasteiger partial charge in [-0.15, -0.1) is 11.3 Å². The van der Waals surface area contributed by atoms with Crippen molar-refractivity contribution >= 4 is 27.3 Å². The number of likely N-dealkylation sites (tertiary alicyclic amines) is 1. The van der Waals surface area contributed by atoms with Crippen LogP contribution in [0.3, 0.4) is 0 Å². The Morgan fingerprint density at radius 2 is 1.89 bits per heavy atom. The van der Waals surface area contributed by atoms with Crippen LogP contribution in [-0.2, 0) is 14.8 Å². The molecule has 1 aromatic heterocycles. The van der Waals surface area contributed by atoms with E-state index in [2.05, 4.69) is 24.1 Å². The van der Waals surface area contributed by atoms with Gasteiger partial charge in [-0.3, -0.25) is 4.79 Å². The Morgan fingerprint density at radius 1 is 1.21 bits per heavy atom. The summed E-state index contributed by atoms with van der Waals surface area (Å²) in [5.74, 6) is 1.52. The van der Waals surface area contributed by atoms with Crippen LogP contribution in [0.2, 0.25) is 0 Å². The minimum Gasteiger partial charge on any atom is -0.356 e. The van der Waals surface area contributed by atoms with E-state index >= 15 is 0 Å². The van der Waals surface area contributed by atoms with Crippen LogP contribution in [0.1, 0.15) is 39.5 Å². The highest BCUT2D eigenvalue weighted by Gasteiger charge is 2.32. The van der Waals surface area contributed by atoms with Gasteiger partial charge in [-0.25, -0.2) is 8.42 Å². The van der Waals surface area contributed by atoms with E-state index in [4.69, 9.17) is 0 Å². The van der Waals surface area contributed by atoms with Gasteiger partial charge in [0.25, 0.3) is 10.0 Å². The number of carbonyl (C=O) groups excluding carboxylic acids is 1. The number of nitrogens with zero attached hydrogens (tertiary/aromatic N) is 2. The van der Waals surface area contributed by atoms with Gasteiger partial charge in [-0.1, -0.05) is 19.9 Å². The van der Waals surface area contributed by atoms with Crippen LogP contribution in [-0.4, -0.2) is 62.8 Å². The molecule has 3 rings (SSSR count). The van der Waals surface area contributed by atoms with Crippen molar-refractivity contribution in [1.29, 1.82) is 0 Å². The first-order chi connectivity index (χ1) is 13.4. The van der Waals surface area contributed by atoms with Crippen molar-refractivity contribution in [2.75, 3.05) is 39.3 Å². The van der Waals surface area contributed by atoms with E-state index in [9.17, 15) is 13.2 Å². The normalized spacial score (nSPS) is 25.6. The predicted octanol–water partition coefficient (Wildman–Crippen LogP) is 2.63. The Balaban J connectivity index is 1.36. The molecule has 2 aliphatic rings. The first kappa shape index (κ1) is 21.7. The summed E-state index contributed by atoms with van der Waals surface area (Å²) in [6.07, 6.45) is 3.47. The molecule has 1 N–H and O–H groups in total. The van der Waals surface area contributed by atoms with Crippen LogP contribution in [0.5, 0.6) is 0 Å². The Morgan fingerprint density at radius 3 is 2.50 bits per heavy atom. The summed E-state index contributed by atoms with van der Waals surface area (Å²) in [6.45, 7) is 9.53. The van der Waals surface area contributed by atoms with Crippen molar-refractivity contribution in [2.24, 2.45) is 17.8 Å². The number of sulfonamides is 1. The molecule has 0 aliphatic carbocycles. The van der Waals surface area contributed by atoms with Gasteiger partial charge in [0.15, 0.2) is 0 Å². The summed E-state index contributed by atoms with van der Waals surface area (Å²) in [5, 5.41) is 4.84. The van der Waals surface area contributed by atoms with E-state index in [1.165, 1.54) is 22.1 Å². The van der Waals surface area contributed by atoms with Crippen molar-refractivity contribution in [3.63, 3.8) is 0 Å². The third kappa shape index (κ3) is 5.55. The topological polar surface area (TPSA) is 69.7 Å². The van der Waals surface area contributed by atoms with Gasteiger partial charge >= 0.3 is 0 Å². The number of carbonyl (C=O) groups is 1. The summed E-state index contributed by atoms with van der Waals surface area (Å²) in [7, 11) is -3.40. The molecule has 6 nitrogen and oxygen atoms in total. The molecule has 1 amide bonds. The molecule has 3 heterocycles. The number of rotatable bonds is 7. The maximum Gasteiger partial charge on any atom is 0.252 e. The summed E-state index contributed by atoms with van der Waals surface area (Å²) >= 11 is 1.24. The molecule has 0 bridgehead atoms. The zero-order valence-corrected chi connectivity index (χ0v) is 18.6. The lowest BCUT2D eigenvalue weighted by atomic mass is 9.92. The number of nitrogens with one attached hydrogen (secondary N) is 1. The summed E-state index contributed by atoms with van der Waals surface area (Å²) < 4.78 is 27.0. The smallest absolute Gasteiger partial charge is 0.252 e. The minimum atomic E-state index is -3.40. The van der Waals surface area contributed by atoms with E-state index in [0.29, 0.717) is 36.7 Å². The van der Waals surface area contributed by atoms with Crippen molar-refractivity contribution < 1.29 is 13.2 Å². The largest absolute Gasteiger partial charge is 0.356 e. The molecule has 1 aromatic rings. The first-order valence-corrected chi connectivity index (χ1v) is 12.7. The molecule has 0 spiro atoms. The molecule has 0 radical (unpaired) electrons. The van der Waals surface area contributed by atoms with E-state index in [0.717, 1.165) is 37.9 Å². The van der Waals surface area contributed by atoms with E-state index < -0.39 is 10.0 Å². The average Bonchev–Trinajstić information content (AvgIpc) is 3.20. The van der Waals surface area contributed by atoms with Crippen LogP contribution in [0.15, 0.2) is 21.7 Å². The van der Waals surface area contributed by atoms with E-state index in [-0.39, 0.29) is 11.8 Å². The average molecular weight is 428 g/mol. The third-order valence-electron chi connectivity index (χ3n) is 5.81. The SMILES string of the molecule is C[C@@H]1C[C@@H](C)CN(CCCNC(=O)C2CCN(S(=O)(=O)c3cccs3)CC2)C1. The van der Waals surface area contributed by atoms with Crippen molar-refractivity contribution in [3.05, 3.63) is 17.5 Å². The van der Waals surface area contributed by atoms with Gasteiger partial charge in [-0.05, 0) is 55.5 Å². The highest BCUT2D eigenvalue weighted by Crippen LogP contribution is 2.26. The lowest BCUT2D eigenvalue weighted by molar-refractivity contribution is -0.126. The van der Waals surface area contributed by atoms with Crippen molar-refractivity contribution in [3.8, 4) is 0 Å². The quantitative estimate of drug-likeness (QED) is 0.679. The standard InChI is InChI=1S/C20H33N3O3S2/c1-16-13-17(2)15-22(14-16)9-4-8-21-20(24)18-6-10-23(11-7-18)28(25,26)19-5-3-12-27-19/h3,5,12,16-18H,4,6-11,13-15H2,1-2H3,(H,21,24)/t16-,17-/m1/s1. The van der Waals surface area contributed by atoms with Gasteiger partial charge in [0.2, 0.25) is 5.91 Å². The number of thiophene rings is 1. The second-order valence-electron chi connectivity index (χ2n) is 8.46. The Labute approximate surface area is 173 Å². The third-order valence-corrected chi connectivity index (χ3v) is 9.08.